The van der Waals surface area contributed by atoms with E-state index in [2.05, 4.69) is 70.5 Å². The van der Waals surface area contributed by atoms with Gasteiger partial charge in [-0.3, -0.25) is 15.0 Å². The number of benzene rings is 1. The Morgan fingerprint density at radius 3 is 2.55 bits per heavy atom. The number of anilines is 4. The second-order valence-electron chi connectivity index (χ2n) is 11.4. The molecule has 0 unspecified atom stereocenters. The van der Waals surface area contributed by atoms with Crippen LogP contribution in [0.25, 0.3) is 4.85 Å². The molecule has 1 saturated heterocycles. The minimum Gasteiger partial charge on any atom is -0.366 e. The van der Waals surface area contributed by atoms with Crippen molar-refractivity contribution < 1.29 is 9.36 Å². The maximum atomic E-state index is 12.8. The lowest BCUT2D eigenvalue weighted by molar-refractivity contribution is -0.646. The molecular formula is C29H40N8O+2. The molecule has 2 aromatic heterocycles. The zero-order valence-electron chi connectivity index (χ0n) is 23.7. The number of Topliss-reactive ketones (excluding diaryl/α,β-unsaturated/α-hetero) is 1. The van der Waals surface area contributed by atoms with Gasteiger partial charge in [-0.1, -0.05) is 32.9 Å². The zero-order valence-corrected chi connectivity index (χ0v) is 23.7. The molecule has 1 fully saturated rings. The fourth-order valence-electron chi connectivity index (χ4n) is 4.96. The van der Waals surface area contributed by atoms with E-state index in [1.807, 2.05) is 36.8 Å². The number of imidazole rings is 1. The van der Waals surface area contributed by atoms with Crippen LogP contribution < -0.4 is 19.7 Å². The van der Waals surface area contributed by atoms with E-state index in [0.29, 0.717) is 12.4 Å². The largest absolute Gasteiger partial charge is 0.410 e. The maximum absolute atomic E-state index is 12.8. The van der Waals surface area contributed by atoms with Crippen molar-refractivity contribution in [2.45, 2.75) is 52.5 Å². The maximum Gasteiger partial charge on any atom is 0.410 e. The number of aryl methyl sites for hydroxylation is 1. The Kier molecular flexibility index (Phi) is 7.72. The summed E-state index contributed by atoms with van der Waals surface area (Å²) in [5, 5.41) is 3.69. The minimum absolute atomic E-state index is 0.0253. The number of aromatic nitrogens is 4. The first-order chi connectivity index (χ1) is 18.0. The van der Waals surface area contributed by atoms with Crippen LogP contribution in [-0.2, 0) is 23.8 Å². The number of carbonyl (C=O) groups excluding carboxylic acids is 1. The predicted octanol–water partition coefficient (Wildman–Crippen LogP) is 4.60. The van der Waals surface area contributed by atoms with Gasteiger partial charge < -0.3 is 9.47 Å². The second-order valence-corrected chi connectivity index (χ2v) is 11.4. The number of hydrogen-bond acceptors (Lipinski definition) is 6. The molecule has 9 nitrogen and oxygen atoms in total. The van der Waals surface area contributed by atoms with Gasteiger partial charge in [0.2, 0.25) is 11.5 Å². The third-order valence-corrected chi connectivity index (χ3v) is 7.33. The molecule has 4 rings (SSSR count). The first-order valence-corrected chi connectivity index (χ1v) is 13.1. The molecule has 0 atom stereocenters. The normalized spacial score (nSPS) is 14.3. The van der Waals surface area contributed by atoms with Gasteiger partial charge in [0, 0.05) is 32.4 Å². The van der Waals surface area contributed by atoms with Gasteiger partial charge in [-0.05, 0) is 47.4 Å². The summed E-state index contributed by atoms with van der Waals surface area (Å²) < 4.78 is 3.90. The molecule has 0 aliphatic carbocycles. The Balaban J connectivity index is 1.65. The number of piperidine rings is 1. The van der Waals surface area contributed by atoms with Gasteiger partial charge in [0.15, 0.2) is 5.78 Å². The molecule has 0 bridgehead atoms. The van der Waals surface area contributed by atoms with E-state index in [-0.39, 0.29) is 17.1 Å². The van der Waals surface area contributed by atoms with E-state index in [1.54, 1.807) is 12.5 Å². The van der Waals surface area contributed by atoms with Crippen molar-refractivity contribution in [1.29, 1.82) is 0 Å². The third-order valence-electron chi connectivity index (χ3n) is 7.33. The average molecular weight is 517 g/mol. The minimum atomic E-state index is 0.0253. The van der Waals surface area contributed by atoms with Crippen LogP contribution in [0.4, 0.5) is 29.0 Å². The van der Waals surface area contributed by atoms with Crippen molar-refractivity contribution in [1.82, 2.24) is 14.5 Å². The Hall–Kier alpha value is -3.93. The third kappa shape index (κ3) is 5.64. The van der Waals surface area contributed by atoms with E-state index in [9.17, 15) is 4.79 Å². The van der Waals surface area contributed by atoms with Crippen molar-refractivity contribution in [2.24, 2.45) is 13.0 Å². The molecule has 3 heterocycles. The summed E-state index contributed by atoms with van der Waals surface area (Å²) in [4.78, 5) is 30.0. The van der Waals surface area contributed by atoms with Crippen LogP contribution in [0.15, 0.2) is 36.9 Å². The van der Waals surface area contributed by atoms with Gasteiger partial charge in [-0.25, -0.2) is 9.55 Å². The highest BCUT2D eigenvalue weighted by molar-refractivity contribution is 5.82. The van der Waals surface area contributed by atoms with Crippen molar-refractivity contribution in [2.75, 3.05) is 42.3 Å². The molecule has 9 heteroatoms. The molecule has 3 aromatic rings. The summed E-state index contributed by atoms with van der Waals surface area (Å²) in [5.74, 6) is 2.37. The van der Waals surface area contributed by atoms with Crippen LogP contribution in [0, 0.1) is 19.4 Å². The highest BCUT2D eigenvalue weighted by atomic mass is 16.1. The lowest BCUT2D eigenvalue weighted by atomic mass is 9.86. The Bertz CT molecular complexity index is 1340. The van der Waals surface area contributed by atoms with Crippen molar-refractivity contribution in [3.8, 4) is 6.57 Å². The molecule has 1 aliphatic rings. The SMILES string of the molecule is C#[N+]c1nc(N2CCC(C(=O)Cn3ccnc3)CC2)[n+](C)c(Nc2cc(C(C)(C)C)ccc2C)c1N(C)C. The highest BCUT2D eigenvalue weighted by Crippen LogP contribution is 2.37. The van der Waals surface area contributed by atoms with E-state index < -0.39 is 0 Å². The number of nitrogens with one attached hydrogen (secondary N) is 1. The number of rotatable bonds is 7. The van der Waals surface area contributed by atoms with Crippen LogP contribution in [0.5, 0.6) is 0 Å². The quantitative estimate of drug-likeness (QED) is 0.463. The summed E-state index contributed by atoms with van der Waals surface area (Å²) in [6, 6.07) is 6.55. The molecule has 200 valence electrons. The first-order valence-electron chi connectivity index (χ1n) is 13.1. The fourth-order valence-corrected chi connectivity index (χ4v) is 4.96. The number of ketones is 1. The number of carbonyl (C=O) groups is 1. The summed E-state index contributed by atoms with van der Waals surface area (Å²) in [6.07, 6.45) is 6.76. The monoisotopic (exact) mass is 516 g/mol. The highest BCUT2D eigenvalue weighted by Gasteiger charge is 2.34. The standard InChI is InChI=1S/C29H39N8O/c1-20-9-10-22(29(2,3)4)17-23(20)32-27-25(34(6)7)26(30-5)33-28(35(27)8)37-14-11-21(12-15-37)24(38)18-36-16-13-31-19-36/h5,9-10,13,16-17,19,21H,11-12,14-15,18H2,1-4,6-8H3/q+1/p+1. The summed E-state index contributed by atoms with van der Waals surface area (Å²) in [5.41, 5.74) is 4.26. The Labute approximate surface area is 226 Å². The molecule has 0 spiro atoms. The summed E-state index contributed by atoms with van der Waals surface area (Å²) in [6.45, 7) is 16.4. The number of hydrogen-bond donors (Lipinski definition) is 1. The molecule has 1 aromatic carbocycles. The van der Waals surface area contributed by atoms with Gasteiger partial charge in [-0.15, -0.1) is 0 Å². The van der Waals surface area contributed by atoms with Gasteiger partial charge in [0.25, 0.3) is 0 Å². The lowest BCUT2D eigenvalue weighted by Crippen LogP contribution is -2.47. The van der Waals surface area contributed by atoms with E-state index in [1.165, 1.54) is 5.56 Å². The predicted molar refractivity (Wildman–Crippen MR) is 153 cm³/mol. The van der Waals surface area contributed by atoms with Crippen LogP contribution >= 0.6 is 0 Å². The summed E-state index contributed by atoms with van der Waals surface area (Å²) >= 11 is 0. The van der Waals surface area contributed by atoms with E-state index in [4.69, 9.17) is 11.6 Å². The molecule has 1 N–H and O–H groups in total. The second kappa shape index (κ2) is 10.8. The van der Waals surface area contributed by atoms with Crippen LogP contribution in [0.1, 0.15) is 44.7 Å². The molecule has 0 amide bonds. The topological polar surface area (TPSA) is 74.5 Å². The van der Waals surface area contributed by atoms with Crippen LogP contribution in [0.2, 0.25) is 0 Å². The van der Waals surface area contributed by atoms with Crippen molar-refractivity contribution in [3.63, 3.8) is 0 Å². The van der Waals surface area contributed by atoms with Gasteiger partial charge in [0.05, 0.1) is 38.7 Å². The lowest BCUT2D eigenvalue weighted by Gasteiger charge is -2.30. The Morgan fingerprint density at radius 1 is 1.26 bits per heavy atom. The average Bonchev–Trinajstić information content (AvgIpc) is 3.38. The van der Waals surface area contributed by atoms with Gasteiger partial charge in [-0.2, -0.15) is 4.85 Å². The molecular weight excluding hydrogens is 476 g/mol. The first kappa shape index (κ1) is 27.1. The Morgan fingerprint density at radius 2 is 1.97 bits per heavy atom. The number of nitrogens with zero attached hydrogens (tertiary/aromatic N) is 7. The molecule has 38 heavy (non-hydrogen) atoms. The van der Waals surface area contributed by atoms with Crippen LogP contribution in [0.3, 0.4) is 0 Å². The van der Waals surface area contributed by atoms with Crippen molar-refractivity contribution >= 4 is 34.7 Å². The van der Waals surface area contributed by atoms with Crippen molar-refractivity contribution in [3.05, 3.63) is 52.9 Å². The molecule has 0 radical (unpaired) electrons. The summed E-state index contributed by atoms with van der Waals surface area (Å²) in [7, 11) is 5.94. The van der Waals surface area contributed by atoms with Gasteiger partial charge >= 0.3 is 11.8 Å². The van der Waals surface area contributed by atoms with E-state index >= 15 is 0 Å². The fraction of sp³-hybridized carbons (Fsp3) is 0.483. The molecule has 0 saturated carbocycles. The smallest absolute Gasteiger partial charge is 0.366 e. The van der Waals surface area contributed by atoms with Crippen LogP contribution in [-0.4, -0.2) is 47.5 Å². The zero-order chi connectivity index (χ0) is 27.6. The molecule has 1 aliphatic heterocycles. The van der Waals surface area contributed by atoms with E-state index in [0.717, 1.165) is 54.6 Å². The van der Waals surface area contributed by atoms with Gasteiger partial charge in [0.1, 0.15) is 6.57 Å².